The largest absolute Gasteiger partial charge is 0.423 e. The predicted octanol–water partition coefficient (Wildman–Crippen LogP) is 11.9. The lowest BCUT2D eigenvalue weighted by atomic mass is 9.76. The molecule has 0 bridgehead atoms. The third-order valence-corrected chi connectivity index (χ3v) is 9.16. The van der Waals surface area contributed by atoms with Gasteiger partial charge in [0, 0.05) is 0 Å². The van der Waals surface area contributed by atoms with Crippen LogP contribution in [0.3, 0.4) is 0 Å². The van der Waals surface area contributed by atoms with Crippen molar-refractivity contribution in [2.24, 2.45) is 5.92 Å². The number of rotatable bonds is 16. The molecule has 0 unspecified atom stereocenters. The lowest BCUT2D eigenvalue weighted by Crippen LogP contribution is -2.15. The minimum atomic E-state index is -0.525. The minimum absolute atomic E-state index is 0.248. The fourth-order valence-corrected chi connectivity index (χ4v) is 6.46. The van der Waals surface area contributed by atoms with Crippen LogP contribution in [-0.4, -0.2) is 5.97 Å². The number of carbonyl (C=O) groups is 1. The van der Waals surface area contributed by atoms with Crippen LogP contribution < -0.4 is 4.74 Å². The number of aryl methyl sites for hydroxylation is 1. The molecule has 1 fully saturated rings. The van der Waals surface area contributed by atoms with Crippen LogP contribution in [0.4, 0.5) is 4.39 Å². The smallest absolute Gasteiger partial charge is 0.343 e. The van der Waals surface area contributed by atoms with Gasteiger partial charge in [0.15, 0.2) is 0 Å². The van der Waals surface area contributed by atoms with Gasteiger partial charge in [0.1, 0.15) is 11.6 Å². The van der Waals surface area contributed by atoms with E-state index in [0.717, 1.165) is 41.9 Å². The first-order valence-electron chi connectivity index (χ1n) is 16.8. The normalized spacial score (nSPS) is 16.8. The van der Waals surface area contributed by atoms with Gasteiger partial charge >= 0.3 is 5.97 Å². The Hall–Kier alpha value is -2.94. The van der Waals surface area contributed by atoms with Crippen LogP contribution in [0.1, 0.15) is 138 Å². The van der Waals surface area contributed by atoms with Crippen molar-refractivity contribution in [2.75, 3.05) is 0 Å². The Bertz CT molecular complexity index is 1210. The molecule has 0 radical (unpaired) electrons. The predicted molar refractivity (Wildman–Crippen MR) is 174 cm³/mol. The molecule has 3 aromatic carbocycles. The molecule has 3 aromatic rings. The highest BCUT2D eigenvalue weighted by molar-refractivity contribution is 5.91. The lowest BCUT2D eigenvalue weighted by Gasteiger charge is -2.29. The van der Waals surface area contributed by atoms with E-state index in [1.54, 1.807) is 18.2 Å². The van der Waals surface area contributed by atoms with Crippen molar-refractivity contribution >= 4 is 5.97 Å². The minimum Gasteiger partial charge on any atom is -0.423 e. The molecule has 226 valence electrons. The number of carbonyl (C=O) groups excluding carboxylic acids is 1. The molecule has 42 heavy (non-hydrogen) atoms. The SMILES string of the molecule is CCCCCCCCCC1CCC(c2ccc(C(=O)Oc3ccc(-c4ccc(CCCCC)cc4)cc3)cc2F)CC1. The maximum Gasteiger partial charge on any atom is 0.343 e. The monoisotopic (exact) mass is 570 g/mol. The van der Waals surface area contributed by atoms with Gasteiger partial charge in [-0.25, -0.2) is 9.18 Å². The average Bonchev–Trinajstić information content (AvgIpc) is 3.02. The number of halogens is 1. The van der Waals surface area contributed by atoms with Crippen molar-refractivity contribution in [2.45, 2.75) is 122 Å². The van der Waals surface area contributed by atoms with E-state index in [1.807, 2.05) is 18.2 Å². The van der Waals surface area contributed by atoms with Gasteiger partial charge in [-0.1, -0.05) is 121 Å². The zero-order chi connectivity index (χ0) is 29.6. The summed E-state index contributed by atoms with van der Waals surface area (Å²) in [4.78, 5) is 12.8. The topological polar surface area (TPSA) is 26.3 Å². The second kappa shape index (κ2) is 17.2. The van der Waals surface area contributed by atoms with E-state index in [0.29, 0.717) is 5.75 Å². The van der Waals surface area contributed by atoms with Crippen molar-refractivity contribution in [3.8, 4) is 16.9 Å². The maximum absolute atomic E-state index is 15.2. The molecule has 4 rings (SSSR count). The molecule has 0 spiro atoms. The Morgan fingerprint density at radius 3 is 1.95 bits per heavy atom. The van der Waals surface area contributed by atoms with E-state index in [1.165, 1.54) is 95.1 Å². The van der Waals surface area contributed by atoms with Crippen molar-refractivity contribution in [1.29, 1.82) is 0 Å². The Labute approximate surface area is 254 Å². The summed E-state index contributed by atoms with van der Waals surface area (Å²) in [7, 11) is 0. The molecule has 0 N–H and O–H groups in total. The fourth-order valence-electron chi connectivity index (χ4n) is 6.46. The summed E-state index contributed by atoms with van der Waals surface area (Å²) in [6.07, 6.45) is 20.1. The van der Waals surface area contributed by atoms with Gasteiger partial charge in [-0.3, -0.25) is 0 Å². The third kappa shape index (κ3) is 9.82. The van der Waals surface area contributed by atoms with E-state index >= 15 is 4.39 Å². The van der Waals surface area contributed by atoms with Gasteiger partial charge in [-0.05, 0) is 96.9 Å². The lowest BCUT2D eigenvalue weighted by molar-refractivity contribution is 0.0734. The molecule has 0 amide bonds. The van der Waals surface area contributed by atoms with Crippen LogP contribution in [0.2, 0.25) is 0 Å². The number of esters is 1. The molecule has 3 heteroatoms. The highest BCUT2D eigenvalue weighted by Crippen LogP contribution is 2.39. The molecular formula is C39H51FO2. The number of hydrogen-bond donors (Lipinski definition) is 0. The second-order valence-electron chi connectivity index (χ2n) is 12.4. The van der Waals surface area contributed by atoms with Gasteiger partial charge in [0.25, 0.3) is 0 Å². The van der Waals surface area contributed by atoms with Gasteiger partial charge in [0.05, 0.1) is 5.56 Å². The van der Waals surface area contributed by atoms with Crippen LogP contribution in [0, 0.1) is 11.7 Å². The van der Waals surface area contributed by atoms with Crippen molar-refractivity contribution in [1.82, 2.24) is 0 Å². The summed E-state index contributed by atoms with van der Waals surface area (Å²) < 4.78 is 20.7. The molecule has 0 aromatic heterocycles. The van der Waals surface area contributed by atoms with Crippen molar-refractivity contribution in [3.05, 3.63) is 89.2 Å². The van der Waals surface area contributed by atoms with Crippen molar-refractivity contribution < 1.29 is 13.9 Å². The van der Waals surface area contributed by atoms with Gasteiger partial charge < -0.3 is 4.74 Å². The standard InChI is InChI=1S/C39H51FO2/c1-3-5-7-8-9-10-12-14-31-17-21-34(22-18-31)37-28-25-35(29-38(37)40)39(41)42-36-26-23-33(24-27-36)32-19-15-30(16-20-32)13-11-6-4-2/h15-16,19-20,23-29,31,34H,3-14,17-18,21-22H2,1-2H3. The Morgan fingerprint density at radius 2 is 1.31 bits per heavy atom. The molecule has 1 saturated carbocycles. The first-order valence-corrected chi connectivity index (χ1v) is 16.8. The van der Waals surface area contributed by atoms with Crippen LogP contribution in [0.25, 0.3) is 11.1 Å². The number of unbranched alkanes of at least 4 members (excludes halogenated alkanes) is 8. The molecule has 1 aliphatic carbocycles. The molecule has 2 nitrogen and oxygen atoms in total. The summed E-state index contributed by atoms with van der Waals surface area (Å²) in [6.45, 7) is 4.49. The maximum atomic E-state index is 15.2. The molecule has 0 aliphatic heterocycles. The third-order valence-electron chi connectivity index (χ3n) is 9.16. The van der Waals surface area contributed by atoms with Crippen molar-refractivity contribution in [3.63, 3.8) is 0 Å². The summed E-state index contributed by atoms with van der Waals surface area (Å²) in [5.74, 6) is 0.689. The molecule has 0 heterocycles. The van der Waals surface area contributed by atoms with E-state index in [-0.39, 0.29) is 17.3 Å². The second-order valence-corrected chi connectivity index (χ2v) is 12.4. The van der Waals surface area contributed by atoms with Crippen LogP contribution in [0.15, 0.2) is 66.7 Å². The zero-order valence-corrected chi connectivity index (χ0v) is 26.0. The van der Waals surface area contributed by atoms with Gasteiger partial charge in [-0.15, -0.1) is 0 Å². The van der Waals surface area contributed by atoms with Crippen LogP contribution in [0.5, 0.6) is 5.75 Å². The zero-order valence-electron chi connectivity index (χ0n) is 26.0. The average molecular weight is 571 g/mol. The number of ether oxygens (including phenoxy) is 1. The van der Waals surface area contributed by atoms with E-state index < -0.39 is 5.97 Å². The molecule has 0 saturated heterocycles. The Morgan fingerprint density at radius 1 is 0.714 bits per heavy atom. The van der Waals surface area contributed by atoms with Crippen LogP contribution >= 0.6 is 0 Å². The first kappa shape index (κ1) is 32.0. The Kier molecular flexibility index (Phi) is 13.1. The van der Waals surface area contributed by atoms with Gasteiger partial charge in [-0.2, -0.15) is 0 Å². The molecule has 0 atom stereocenters. The number of hydrogen-bond acceptors (Lipinski definition) is 2. The first-order chi connectivity index (χ1) is 20.6. The summed E-state index contributed by atoms with van der Waals surface area (Å²) >= 11 is 0. The Balaban J connectivity index is 1.23. The number of benzene rings is 3. The fraction of sp³-hybridized carbons (Fsp3) is 0.513. The van der Waals surface area contributed by atoms with Crippen LogP contribution in [-0.2, 0) is 6.42 Å². The van der Waals surface area contributed by atoms with E-state index in [9.17, 15) is 4.79 Å². The van der Waals surface area contributed by atoms with E-state index in [2.05, 4.69) is 38.1 Å². The summed E-state index contributed by atoms with van der Waals surface area (Å²) in [6, 6.07) is 21.1. The molecule has 1 aliphatic rings. The summed E-state index contributed by atoms with van der Waals surface area (Å²) in [5, 5.41) is 0. The summed E-state index contributed by atoms with van der Waals surface area (Å²) in [5.41, 5.74) is 4.58. The highest BCUT2D eigenvalue weighted by Gasteiger charge is 2.25. The highest BCUT2D eigenvalue weighted by atomic mass is 19.1. The van der Waals surface area contributed by atoms with Gasteiger partial charge in [0.2, 0.25) is 0 Å². The van der Waals surface area contributed by atoms with E-state index in [4.69, 9.17) is 4.74 Å². The molecular weight excluding hydrogens is 519 g/mol. The quantitative estimate of drug-likeness (QED) is 0.0972.